The second-order valence-corrected chi connectivity index (χ2v) is 6.38. The zero-order valence-electron chi connectivity index (χ0n) is 6.92. The number of rotatable bonds is 2. The van der Waals surface area contributed by atoms with Crippen molar-refractivity contribution in [3.63, 3.8) is 0 Å². The molecule has 3 aliphatic rings. The van der Waals surface area contributed by atoms with Crippen LogP contribution in [0.15, 0.2) is 0 Å². The molecule has 0 spiro atoms. The summed E-state index contributed by atoms with van der Waals surface area (Å²) in [6.45, 7) is -4.54. The summed E-state index contributed by atoms with van der Waals surface area (Å²) in [6.07, 6.45) is 1.93. The molecule has 0 radical (unpaired) electrons. The molecule has 0 heterocycles. The van der Waals surface area contributed by atoms with Gasteiger partial charge in [0.15, 0.2) is 0 Å². The zero-order valence-corrected chi connectivity index (χ0v) is 12.2. The molecule has 0 aliphatic heterocycles. The first kappa shape index (κ1) is 12.3. The van der Waals surface area contributed by atoms with Crippen molar-refractivity contribution >= 4 is 29.6 Å². The summed E-state index contributed by atoms with van der Waals surface area (Å²) in [5.41, 5.74) is -0.292. The second kappa shape index (κ2) is 3.37. The van der Waals surface area contributed by atoms with Crippen molar-refractivity contribution in [3.8, 4) is 0 Å². The van der Waals surface area contributed by atoms with E-state index in [0.717, 1.165) is 19.3 Å². The number of hydrogen-bond acceptors (Lipinski definition) is 0. The monoisotopic (exact) mass is 314 g/mol. The Morgan fingerprint density at radius 3 is 1.83 bits per heavy atom. The predicted octanol–water partition coefficient (Wildman–Crippen LogP) is 0.196. The molecule has 3 fully saturated rings. The Morgan fingerprint density at radius 2 is 1.58 bits per heavy atom. The summed E-state index contributed by atoms with van der Waals surface area (Å²) in [5.74, 6) is 0. The maximum Gasteiger partial charge on any atom is 1.00 e. The molecule has 0 nitrogen and oxygen atoms in total. The van der Waals surface area contributed by atoms with Gasteiger partial charge in [-0.1, -0.05) is 28.9 Å². The first-order valence-corrected chi connectivity index (χ1v) is 4.81. The second-order valence-electron chi connectivity index (χ2n) is 4.10. The van der Waals surface area contributed by atoms with Crippen LogP contribution < -0.4 is 51.4 Å². The van der Waals surface area contributed by atoms with Crippen LogP contribution in [0.25, 0.3) is 0 Å². The molecule has 0 N–H and O–H groups in total. The Labute approximate surface area is 126 Å². The van der Waals surface area contributed by atoms with E-state index in [9.17, 15) is 12.9 Å². The molecule has 3 saturated carbocycles. The average molecular weight is 314 g/mol. The van der Waals surface area contributed by atoms with E-state index in [1.54, 1.807) is 0 Å². The quantitative estimate of drug-likeness (QED) is 0.388. The fraction of sp³-hybridized carbons (Fsp3) is 1.00. The molecule has 0 aromatic heterocycles. The van der Waals surface area contributed by atoms with E-state index in [1.165, 1.54) is 0 Å². The fourth-order valence-electron chi connectivity index (χ4n) is 2.57. The normalized spacial score (nSPS) is 44.0. The van der Waals surface area contributed by atoms with Gasteiger partial charge >= 0.3 is 58.4 Å². The van der Waals surface area contributed by atoms with Crippen LogP contribution in [0.4, 0.5) is 12.9 Å². The Morgan fingerprint density at radius 1 is 1.17 bits per heavy atom. The molecular formula is C6H8BF3IK. The maximum absolute atomic E-state index is 12.0. The van der Waals surface area contributed by atoms with Gasteiger partial charge in [-0.25, -0.2) is 0 Å². The van der Waals surface area contributed by atoms with Crippen molar-refractivity contribution in [3.05, 3.63) is 0 Å². The first-order chi connectivity index (χ1) is 4.83. The Kier molecular flexibility index (Phi) is 3.45. The molecular weight excluding hydrogens is 306 g/mol. The molecule has 6 heteroatoms. The summed E-state index contributed by atoms with van der Waals surface area (Å²) in [4.78, 5) is 0. The molecule has 12 heavy (non-hydrogen) atoms. The van der Waals surface area contributed by atoms with E-state index in [1.807, 2.05) is 0 Å². The molecule has 0 saturated heterocycles. The van der Waals surface area contributed by atoms with Crippen LogP contribution in [-0.4, -0.2) is 10.4 Å². The van der Waals surface area contributed by atoms with E-state index >= 15 is 0 Å². The molecule has 0 atom stereocenters. The molecule has 64 valence electrons. The van der Waals surface area contributed by atoms with Crippen molar-refractivity contribution < 1.29 is 64.3 Å². The van der Waals surface area contributed by atoms with Gasteiger partial charge in [0.05, 0.1) is 0 Å². The molecule has 0 amide bonds. The Balaban J connectivity index is 0.000000720. The van der Waals surface area contributed by atoms with Crippen molar-refractivity contribution in [2.45, 2.75) is 29.0 Å². The molecule has 3 rings (SSSR count). The third-order valence-corrected chi connectivity index (χ3v) is 3.88. The molecule has 0 aromatic rings. The van der Waals surface area contributed by atoms with E-state index in [4.69, 9.17) is 0 Å². The van der Waals surface area contributed by atoms with Gasteiger partial charge in [-0.3, -0.25) is 0 Å². The SMILES string of the molecule is F[B-](F)(F)CC12CC(I)(C1)C2.[K+]. The standard InChI is InChI=1S/C6H8BF3I.K/c8-7(9,10)4-5-1-6(11,2-5)3-5;/h1-4H2;/q-1;+1. The van der Waals surface area contributed by atoms with Crippen LogP contribution in [-0.2, 0) is 0 Å². The minimum atomic E-state index is -4.54. The Bertz CT molecular complexity index is 186. The van der Waals surface area contributed by atoms with Gasteiger partial charge < -0.3 is 12.9 Å². The van der Waals surface area contributed by atoms with Gasteiger partial charge in [-0.2, -0.15) is 0 Å². The van der Waals surface area contributed by atoms with Gasteiger partial charge in [0.25, 0.3) is 0 Å². The van der Waals surface area contributed by atoms with Gasteiger partial charge in [-0.05, 0) is 24.7 Å². The van der Waals surface area contributed by atoms with E-state index in [-0.39, 0.29) is 60.2 Å². The van der Waals surface area contributed by atoms with Crippen molar-refractivity contribution in [1.82, 2.24) is 0 Å². The largest absolute Gasteiger partial charge is 1.00 e. The number of alkyl halides is 1. The molecule has 3 aliphatic carbocycles. The van der Waals surface area contributed by atoms with Gasteiger partial charge in [0, 0.05) is 3.42 Å². The third-order valence-electron chi connectivity index (χ3n) is 2.74. The van der Waals surface area contributed by atoms with Crippen molar-refractivity contribution in [2.75, 3.05) is 0 Å². The van der Waals surface area contributed by atoms with Crippen LogP contribution in [0.3, 0.4) is 0 Å². The summed E-state index contributed by atoms with van der Waals surface area (Å²) >= 11 is 2.29. The van der Waals surface area contributed by atoms with Gasteiger partial charge in [0.2, 0.25) is 0 Å². The van der Waals surface area contributed by atoms with E-state index in [0.29, 0.717) is 0 Å². The van der Waals surface area contributed by atoms with Crippen LogP contribution >= 0.6 is 22.6 Å². The van der Waals surface area contributed by atoms with Crippen LogP contribution in [0.1, 0.15) is 19.3 Å². The van der Waals surface area contributed by atoms with Crippen LogP contribution in [0.2, 0.25) is 6.32 Å². The third kappa shape index (κ3) is 2.24. The first-order valence-electron chi connectivity index (χ1n) is 3.73. The summed E-state index contributed by atoms with van der Waals surface area (Å²) in [7, 11) is 0. The number of hydrogen-bond donors (Lipinski definition) is 0. The molecule has 0 aromatic carbocycles. The number of halogens is 4. The predicted molar refractivity (Wildman–Crippen MR) is 46.9 cm³/mol. The van der Waals surface area contributed by atoms with Gasteiger partial charge in [0.1, 0.15) is 0 Å². The molecule has 2 bridgehead atoms. The minimum Gasteiger partial charge on any atom is -0.449 e. The molecule has 0 unspecified atom stereocenters. The van der Waals surface area contributed by atoms with Crippen molar-refractivity contribution in [1.29, 1.82) is 0 Å². The summed E-state index contributed by atoms with van der Waals surface area (Å²) in [6, 6.07) is 0. The maximum atomic E-state index is 12.0. The van der Waals surface area contributed by atoms with E-state index < -0.39 is 13.3 Å². The average Bonchev–Trinajstić information content (AvgIpc) is 1.53. The van der Waals surface area contributed by atoms with E-state index in [2.05, 4.69) is 22.6 Å². The van der Waals surface area contributed by atoms with Gasteiger partial charge in [-0.15, -0.1) is 0 Å². The minimum absolute atomic E-state index is 0. The van der Waals surface area contributed by atoms with Crippen LogP contribution in [0.5, 0.6) is 0 Å². The Hall–Kier alpha value is 2.22. The summed E-state index contributed by atoms with van der Waals surface area (Å²) < 4.78 is 36.2. The van der Waals surface area contributed by atoms with Crippen LogP contribution in [0, 0.1) is 5.41 Å². The summed E-state index contributed by atoms with van der Waals surface area (Å²) in [5, 5.41) is 0. The smallest absolute Gasteiger partial charge is 0.449 e. The fourth-order valence-corrected chi connectivity index (χ4v) is 5.00. The topological polar surface area (TPSA) is 0 Å². The van der Waals surface area contributed by atoms with Crippen molar-refractivity contribution in [2.24, 2.45) is 5.41 Å². The zero-order chi connectivity index (χ0) is 8.33.